The number of aromatic nitrogens is 4. The number of ether oxygens (including phenoxy) is 1. The summed E-state index contributed by atoms with van der Waals surface area (Å²) in [6.45, 7) is 7.41. The molecule has 0 saturated carbocycles. The minimum atomic E-state index is -4.64. The van der Waals surface area contributed by atoms with Crippen LogP contribution in [0.4, 0.5) is 13.2 Å². The Kier molecular flexibility index (Phi) is 7.03. The molecule has 3 aromatic heterocycles. The van der Waals surface area contributed by atoms with Crippen LogP contribution in [0.1, 0.15) is 21.5 Å². The number of halogens is 4. The number of nitrogens with zero attached hydrogens (tertiary/aromatic N) is 3. The van der Waals surface area contributed by atoms with Gasteiger partial charge >= 0.3 is 6.18 Å². The lowest BCUT2D eigenvalue weighted by molar-refractivity contribution is -0.137. The summed E-state index contributed by atoms with van der Waals surface area (Å²) in [5.41, 5.74) is 0.616. The van der Waals surface area contributed by atoms with Gasteiger partial charge in [0.1, 0.15) is 11.3 Å². The number of hydrogen-bond acceptors (Lipinski definition) is 4. The third kappa shape index (κ3) is 5.91. The lowest BCUT2D eigenvalue weighted by atomic mass is 9.99. The molecule has 0 aliphatic carbocycles. The Balaban J connectivity index is 1.72. The van der Waals surface area contributed by atoms with E-state index in [0.717, 1.165) is 12.1 Å². The Morgan fingerprint density at radius 2 is 1.94 bits per heavy atom. The number of pyridine rings is 1. The van der Waals surface area contributed by atoms with Crippen LogP contribution in [0.5, 0.6) is 0 Å². The summed E-state index contributed by atoms with van der Waals surface area (Å²) in [6, 6.07) is 9.04. The van der Waals surface area contributed by atoms with E-state index in [4.69, 9.17) is 4.74 Å². The molecule has 4 rings (SSSR count). The maximum Gasteiger partial charge on any atom is 0.417 e. The molecule has 11 heteroatoms. The van der Waals surface area contributed by atoms with Gasteiger partial charge < -0.3 is 14.3 Å². The summed E-state index contributed by atoms with van der Waals surface area (Å²) in [7, 11) is -1.31. The van der Waals surface area contributed by atoms with Gasteiger partial charge in [-0.05, 0) is 40.2 Å². The third-order valence-corrected chi connectivity index (χ3v) is 7.58. The Bertz CT molecular complexity index is 1380. The van der Waals surface area contributed by atoms with Crippen LogP contribution in [0, 0.1) is 0 Å². The standard InChI is InChI=1S/C24H24BrF3N4O2Si/c1-35(2,3)9-8-34-14-32-13-15(22(33)16-6-4-5-7-17(16)24(26,27)28)10-20(32)23-30-18-11-21(25)29-12-19(18)31-23/h4-7,10-13H,8-9,14H2,1-3H3,(H,30,31). The second kappa shape index (κ2) is 9.71. The van der Waals surface area contributed by atoms with Gasteiger partial charge in [-0.15, -0.1) is 0 Å². The first-order chi connectivity index (χ1) is 16.4. The number of H-pyrrole nitrogens is 1. The largest absolute Gasteiger partial charge is 0.417 e. The number of alkyl halides is 3. The number of rotatable bonds is 8. The minimum Gasteiger partial charge on any atom is -0.361 e. The van der Waals surface area contributed by atoms with E-state index >= 15 is 0 Å². The number of benzene rings is 1. The van der Waals surface area contributed by atoms with Gasteiger partial charge in [0.2, 0.25) is 0 Å². The van der Waals surface area contributed by atoms with Crippen molar-refractivity contribution in [1.82, 2.24) is 19.5 Å². The van der Waals surface area contributed by atoms with E-state index in [1.165, 1.54) is 30.5 Å². The van der Waals surface area contributed by atoms with Crippen LogP contribution in [0.15, 0.2) is 53.4 Å². The molecule has 0 radical (unpaired) electrons. The molecule has 0 bridgehead atoms. The first kappa shape index (κ1) is 25.3. The quantitative estimate of drug-likeness (QED) is 0.111. The summed E-state index contributed by atoms with van der Waals surface area (Å²) in [5, 5.41) is 0. The molecule has 1 N–H and O–H groups in total. The number of ketones is 1. The van der Waals surface area contributed by atoms with Crippen molar-refractivity contribution in [3.8, 4) is 11.5 Å². The molecule has 0 unspecified atom stereocenters. The molecule has 184 valence electrons. The Morgan fingerprint density at radius 1 is 1.20 bits per heavy atom. The topological polar surface area (TPSA) is 72.8 Å². The van der Waals surface area contributed by atoms with E-state index < -0.39 is 31.2 Å². The van der Waals surface area contributed by atoms with Crippen molar-refractivity contribution in [1.29, 1.82) is 0 Å². The molecule has 0 atom stereocenters. The van der Waals surface area contributed by atoms with Crippen LogP contribution in [-0.4, -0.2) is 40.0 Å². The molecule has 0 aliphatic heterocycles. The fourth-order valence-corrected chi connectivity index (χ4v) is 4.65. The Morgan fingerprint density at radius 3 is 2.66 bits per heavy atom. The molecule has 0 fully saturated rings. The predicted octanol–water partition coefficient (Wildman–Crippen LogP) is 6.75. The molecule has 0 aliphatic rings. The molecule has 0 saturated heterocycles. The SMILES string of the molecule is C[Si](C)(C)CCOCn1cc(C(=O)c2ccccc2C(F)(F)F)cc1-c1nc2cc(Br)ncc2[nH]1. The Hall–Kier alpha value is -2.76. The summed E-state index contributed by atoms with van der Waals surface area (Å²) >= 11 is 3.32. The van der Waals surface area contributed by atoms with E-state index in [-0.39, 0.29) is 12.3 Å². The van der Waals surface area contributed by atoms with Gasteiger partial charge in [-0.1, -0.05) is 37.8 Å². The van der Waals surface area contributed by atoms with E-state index in [1.54, 1.807) is 16.8 Å². The lowest BCUT2D eigenvalue weighted by Gasteiger charge is -2.16. The molecule has 35 heavy (non-hydrogen) atoms. The van der Waals surface area contributed by atoms with Crippen LogP contribution in [0.25, 0.3) is 22.6 Å². The highest BCUT2D eigenvalue weighted by molar-refractivity contribution is 9.10. The van der Waals surface area contributed by atoms with Crippen molar-refractivity contribution >= 4 is 40.8 Å². The van der Waals surface area contributed by atoms with Gasteiger partial charge in [-0.2, -0.15) is 13.2 Å². The Labute approximate surface area is 209 Å². The van der Waals surface area contributed by atoms with Crippen molar-refractivity contribution in [2.75, 3.05) is 6.61 Å². The van der Waals surface area contributed by atoms with Crippen molar-refractivity contribution < 1.29 is 22.7 Å². The summed E-state index contributed by atoms with van der Waals surface area (Å²) in [4.78, 5) is 25.1. The molecular weight excluding hydrogens is 541 g/mol. The number of nitrogens with one attached hydrogen (secondary N) is 1. The summed E-state index contributed by atoms with van der Waals surface area (Å²) in [6.07, 6.45) is -1.50. The zero-order chi connectivity index (χ0) is 25.4. The number of carbonyl (C=O) groups excluding carboxylic acids is 1. The van der Waals surface area contributed by atoms with Gasteiger partial charge in [0.15, 0.2) is 11.6 Å². The number of hydrogen-bond donors (Lipinski definition) is 1. The van der Waals surface area contributed by atoms with Crippen molar-refractivity contribution in [3.05, 3.63) is 70.1 Å². The van der Waals surface area contributed by atoms with Crippen molar-refractivity contribution in [2.24, 2.45) is 0 Å². The second-order valence-electron chi connectivity index (χ2n) is 9.41. The van der Waals surface area contributed by atoms with Crippen LogP contribution in [0.3, 0.4) is 0 Å². The second-order valence-corrected chi connectivity index (χ2v) is 15.8. The highest BCUT2D eigenvalue weighted by atomic mass is 79.9. The number of carbonyl (C=O) groups is 1. The number of fused-ring (bicyclic) bond motifs is 1. The number of imidazole rings is 1. The zero-order valence-electron chi connectivity index (χ0n) is 19.4. The first-order valence-corrected chi connectivity index (χ1v) is 15.4. The molecule has 4 aromatic rings. The van der Waals surface area contributed by atoms with E-state index in [2.05, 4.69) is 50.5 Å². The molecule has 0 spiro atoms. The lowest BCUT2D eigenvalue weighted by Crippen LogP contribution is -2.22. The highest BCUT2D eigenvalue weighted by Crippen LogP contribution is 2.33. The van der Waals surface area contributed by atoms with Crippen LogP contribution in [-0.2, 0) is 17.6 Å². The maximum atomic E-state index is 13.5. The maximum absolute atomic E-state index is 13.5. The normalized spacial score (nSPS) is 12.4. The van der Waals surface area contributed by atoms with Gasteiger partial charge in [0, 0.05) is 32.0 Å². The molecule has 6 nitrogen and oxygen atoms in total. The molecule has 0 amide bonds. The monoisotopic (exact) mass is 564 g/mol. The molecule has 1 aromatic carbocycles. The number of aromatic amines is 1. The third-order valence-electron chi connectivity index (χ3n) is 5.44. The van der Waals surface area contributed by atoms with Crippen molar-refractivity contribution in [2.45, 2.75) is 38.6 Å². The smallest absolute Gasteiger partial charge is 0.361 e. The van der Waals surface area contributed by atoms with E-state index in [0.29, 0.717) is 33.8 Å². The first-order valence-electron chi connectivity index (χ1n) is 10.9. The fourth-order valence-electron chi connectivity index (χ4n) is 3.57. The zero-order valence-corrected chi connectivity index (χ0v) is 22.0. The van der Waals surface area contributed by atoms with Gasteiger partial charge in [-0.25, -0.2) is 9.97 Å². The minimum absolute atomic E-state index is 0.116. The molecule has 3 heterocycles. The van der Waals surface area contributed by atoms with Crippen molar-refractivity contribution in [3.63, 3.8) is 0 Å². The fraction of sp³-hybridized carbons (Fsp3) is 0.292. The average Bonchev–Trinajstić information content (AvgIpc) is 3.38. The average molecular weight is 565 g/mol. The van der Waals surface area contributed by atoms with Crippen LogP contribution >= 0.6 is 15.9 Å². The van der Waals surface area contributed by atoms with Crippen LogP contribution in [0.2, 0.25) is 25.7 Å². The van der Waals surface area contributed by atoms with Gasteiger partial charge in [-0.3, -0.25) is 4.79 Å². The van der Waals surface area contributed by atoms with Crippen LogP contribution < -0.4 is 0 Å². The summed E-state index contributed by atoms with van der Waals surface area (Å²) in [5.74, 6) is -0.266. The van der Waals surface area contributed by atoms with E-state index in [1.807, 2.05) is 0 Å². The molecular formula is C24H24BrF3N4O2Si. The van der Waals surface area contributed by atoms with Gasteiger partial charge in [0.25, 0.3) is 0 Å². The predicted molar refractivity (Wildman–Crippen MR) is 134 cm³/mol. The summed E-state index contributed by atoms with van der Waals surface area (Å²) < 4.78 is 48.8. The highest BCUT2D eigenvalue weighted by Gasteiger charge is 2.35. The van der Waals surface area contributed by atoms with E-state index in [9.17, 15) is 18.0 Å². The van der Waals surface area contributed by atoms with Gasteiger partial charge in [0.05, 0.1) is 28.5 Å².